The molecule has 1 N–H and O–H groups in total. The van der Waals surface area contributed by atoms with Crippen LogP contribution in [0, 0.1) is 6.92 Å². The Kier molecular flexibility index (Phi) is 7.12. The number of carbonyl (C=O) groups excluding carboxylic acids is 2. The zero-order valence-electron chi connectivity index (χ0n) is 22.0. The highest BCUT2D eigenvalue weighted by Gasteiger charge is 2.36. The predicted octanol–water partition coefficient (Wildman–Crippen LogP) is 4.60. The molecule has 5 rings (SSSR count). The first kappa shape index (κ1) is 25.8. The number of methoxy groups -OCH3 is 2. The Morgan fingerprint density at radius 1 is 1.11 bits per heavy atom. The summed E-state index contributed by atoms with van der Waals surface area (Å²) >= 11 is 0. The maximum absolute atomic E-state index is 12.6. The van der Waals surface area contributed by atoms with Crippen molar-refractivity contribution in [3.8, 4) is 5.75 Å². The smallest absolute Gasteiger partial charge is 0.416 e. The van der Waals surface area contributed by atoms with E-state index in [1.165, 1.54) is 11.7 Å². The second-order valence-electron chi connectivity index (χ2n) is 10.1. The maximum atomic E-state index is 12.6. The molecule has 0 saturated carbocycles. The second kappa shape index (κ2) is 10.5. The zero-order valence-corrected chi connectivity index (χ0v) is 22.0. The minimum Gasteiger partial charge on any atom is -0.496 e. The first-order valence-corrected chi connectivity index (χ1v) is 12.9. The van der Waals surface area contributed by atoms with E-state index >= 15 is 0 Å². The van der Waals surface area contributed by atoms with Gasteiger partial charge in [-0.15, -0.1) is 0 Å². The number of aryl methyl sites for hydroxylation is 1. The summed E-state index contributed by atoms with van der Waals surface area (Å²) in [4.78, 5) is 40.8. The van der Waals surface area contributed by atoms with Crippen LogP contribution in [0.15, 0.2) is 42.6 Å². The van der Waals surface area contributed by atoms with Crippen molar-refractivity contribution < 1.29 is 29.0 Å². The van der Waals surface area contributed by atoms with Crippen LogP contribution in [0.1, 0.15) is 58.8 Å². The molecule has 3 aromatic rings. The molecule has 2 saturated heterocycles. The van der Waals surface area contributed by atoms with Gasteiger partial charge in [-0.1, -0.05) is 12.1 Å². The van der Waals surface area contributed by atoms with Gasteiger partial charge in [0, 0.05) is 55.3 Å². The fourth-order valence-corrected chi connectivity index (χ4v) is 6.10. The van der Waals surface area contributed by atoms with Crippen molar-refractivity contribution in [1.29, 1.82) is 0 Å². The van der Waals surface area contributed by atoms with Gasteiger partial charge in [0.2, 0.25) is 5.91 Å². The Morgan fingerprint density at radius 2 is 1.87 bits per heavy atom. The number of benzene rings is 2. The van der Waals surface area contributed by atoms with E-state index in [1.807, 2.05) is 36.1 Å². The molecule has 2 atom stereocenters. The molecule has 3 heterocycles. The molecule has 2 aliphatic heterocycles. The van der Waals surface area contributed by atoms with Gasteiger partial charge >= 0.3 is 12.1 Å². The van der Waals surface area contributed by atoms with Crippen LogP contribution in [-0.2, 0) is 16.1 Å². The Bertz CT molecular complexity index is 1380. The van der Waals surface area contributed by atoms with Crippen molar-refractivity contribution in [2.45, 2.75) is 51.2 Å². The minimum atomic E-state index is -1.03. The van der Waals surface area contributed by atoms with Crippen molar-refractivity contribution in [1.82, 2.24) is 14.4 Å². The molecule has 38 heavy (non-hydrogen) atoms. The van der Waals surface area contributed by atoms with Gasteiger partial charge in [0.05, 0.1) is 25.3 Å². The van der Waals surface area contributed by atoms with Crippen molar-refractivity contribution in [3.63, 3.8) is 0 Å². The Morgan fingerprint density at radius 3 is 2.50 bits per heavy atom. The van der Waals surface area contributed by atoms with Crippen LogP contribution in [0.3, 0.4) is 0 Å². The van der Waals surface area contributed by atoms with Gasteiger partial charge < -0.3 is 19.5 Å². The quantitative estimate of drug-likeness (QED) is 0.475. The van der Waals surface area contributed by atoms with E-state index in [1.54, 1.807) is 25.4 Å². The highest BCUT2D eigenvalue weighted by molar-refractivity contribution is 5.94. The lowest BCUT2D eigenvalue weighted by Crippen LogP contribution is -2.46. The monoisotopic (exact) mass is 519 g/mol. The number of ether oxygens (including phenoxy) is 2. The number of hydrogen-bond donors (Lipinski definition) is 1. The van der Waals surface area contributed by atoms with Crippen LogP contribution in [0.25, 0.3) is 10.9 Å². The SMILES string of the molecule is COC(=O)c1ccc([C@H]2C[C@H](N3CCCC3=O)CCN2Cc2c(OC)cc(C)c3c2ccn3C(=O)O)cc1. The average molecular weight is 520 g/mol. The third-order valence-electron chi connectivity index (χ3n) is 7.97. The minimum absolute atomic E-state index is 0.00327. The van der Waals surface area contributed by atoms with E-state index in [0.717, 1.165) is 60.2 Å². The van der Waals surface area contributed by atoms with Crippen molar-refractivity contribution >= 4 is 28.9 Å². The molecule has 0 aliphatic carbocycles. The molecule has 1 amide bonds. The lowest BCUT2D eigenvalue weighted by Gasteiger charge is -2.43. The molecule has 0 bridgehead atoms. The highest BCUT2D eigenvalue weighted by atomic mass is 16.5. The molecule has 1 aromatic heterocycles. The number of piperidine rings is 1. The molecule has 0 spiro atoms. The van der Waals surface area contributed by atoms with Gasteiger partial charge in [0.1, 0.15) is 5.75 Å². The fraction of sp³-hybridized carbons (Fsp3) is 0.414. The van der Waals surface area contributed by atoms with Gasteiger partial charge in [-0.2, -0.15) is 0 Å². The fourth-order valence-electron chi connectivity index (χ4n) is 6.10. The molecular formula is C29H33N3O6. The standard InChI is InChI=1S/C29H33N3O6/c1-18-15-25(37-2)23(22-11-14-32(27(18)22)29(35)36)17-30-13-10-21(31-12-4-5-26(31)33)16-24(30)19-6-8-20(9-7-19)28(34)38-3/h6-9,11,14-15,21,24H,4-5,10,12-13,16-17H2,1-3H3,(H,35,36)/t21-,24-/m1/s1. The van der Waals surface area contributed by atoms with Crippen LogP contribution in [0.2, 0.25) is 0 Å². The largest absolute Gasteiger partial charge is 0.496 e. The maximum Gasteiger partial charge on any atom is 0.416 e. The lowest BCUT2D eigenvalue weighted by atomic mass is 9.89. The summed E-state index contributed by atoms with van der Waals surface area (Å²) in [5.41, 5.74) is 3.96. The average Bonchev–Trinajstić information content (AvgIpc) is 3.57. The topological polar surface area (TPSA) is 101 Å². The number of esters is 1. The van der Waals surface area contributed by atoms with Crippen LogP contribution >= 0.6 is 0 Å². The molecular weight excluding hydrogens is 486 g/mol. The number of carboxylic acid groups (broad SMARTS) is 1. The predicted molar refractivity (Wildman–Crippen MR) is 142 cm³/mol. The van der Waals surface area contributed by atoms with Crippen LogP contribution in [-0.4, -0.2) is 70.8 Å². The first-order chi connectivity index (χ1) is 18.3. The Hall–Kier alpha value is -3.85. The third kappa shape index (κ3) is 4.62. The number of carbonyl (C=O) groups is 3. The van der Waals surface area contributed by atoms with E-state index in [9.17, 15) is 19.5 Å². The van der Waals surface area contributed by atoms with Gasteiger partial charge in [-0.05, 0) is 61.6 Å². The highest BCUT2D eigenvalue weighted by Crippen LogP contribution is 2.39. The number of likely N-dealkylation sites (tertiary alicyclic amines) is 2. The molecule has 0 unspecified atom stereocenters. The number of fused-ring (bicyclic) bond motifs is 1. The second-order valence-corrected chi connectivity index (χ2v) is 10.1. The Labute approximate surface area is 221 Å². The number of rotatable bonds is 6. The molecule has 2 fully saturated rings. The van der Waals surface area contributed by atoms with Crippen molar-refractivity contribution in [2.24, 2.45) is 0 Å². The zero-order chi connectivity index (χ0) is 27.0. The van der Waals surface area contributed by atoms with Crippen LogP contribution < -0.4 is 4.74 Å². The summed E-state index contributed by atoms with van der Waals surface area (Å²) in [5.74, 6) is 0.558. The number of hydrogen-bond acceptors (Lipinski definition) is 6. The van der Waals surface area contributed by atoms with Gasteiger partial charge in [-0.3, -0.25) is 14.3 Å². The molecule has 2 aromatic carbocycles. The molecule has 2 aliphatic rings. The van der Waals surface area contributed by atoms with E-state index in [-0.39, 0.29) is 24.0 Å². The summed E-state index contributed by atoms with van der Waals surface area (Å²) < 4.78 is 11.9. The lowest BCUT2D eigenvalue weighted by molar-refractivity contribution is -0.131. The van der Waals surface area contributed by atoms with Crippen molar-refractivity contribution in [3.05, 3.63) is 64.8 Å². The summed E-state index contributed by atoms with van der Waals surface area (Å²) in [6, 6.07) is 11.4. The van der Waals surface area contributed by atoms with Gasteiger partial charge in [0.25, 0.3) is 0 Å². The summed E-state index contributed by atoms with van der Waals surface area (Å²) in [5, 5.41) is 10.6. The van der Waals surface area contributed by atoms with E-state index in [4.69, 9.17) is 9.47 Å². The molecule has 200 valence electrons. The molecule has 9 nitrogen and oxygen atoms in total. The van der Waals surface area contributed by atoms with E-state index < -0.39 is 6.09 Å². The number of amides is 1. The number of nitrogens with zero attached hydrogens (tertiary/aromatic N) is 3. The summed E-state index contributed by atoms with van der Waals surface area (Å²) in [7, 11) is 3.00. The first-order valence-electron chi connectivity index (χ1n) is 12.9. The number of aromatic nitrogens is 1. The normalized spacial score (nSPS) is 20.2. The summed E-state index contributed by atoms with van der Waals surface area (Å²) in [6.45, 7) is 3.99. The van der Waals surface area contributed by atoms with E-state index in [0.29, 0.717) is 24.0 Å². The van der Waals surface area contributed by atoms with Crippen LogP contribution in [0.4, 0.5) is 4.79 Å². The Balaban J connectivity index is 1.52. The van der Waals surface area contributed by atoms with E-state index in [2.05, 4.69) is 4.90 Å². The summed E-state index contributed by atoms with van der Waals surface area (Å²) in [6.07, 6.45) is 3.69. The van der Waals surface area contributed by atoms with Gasteiger partial charge in [0.15, 0.2) is 0 Å². The third-order valence-corrected chi connectivity index (χ3v) is 7.97. The van der Waals surface area contributed by atoms with Crippen molar-refractivity contribution in [2.75, 3.05) is 27.3 Å². The molecule has 9 heteroatoms. The van der Waals surface area contributed by atoms with Crippen LogP contribution in [0.5, 0.6) is 5.75 Å². The van der Waals surface area contributed by atoms with Gasteiger partial charge in [-0.25, -0.2) is 9.59 Å². The molecule has 0 radical (unpaired) electrons.